The number of likely N-dealkylation sites (tertiary alicyclic amines) is 1. The summed E-state index contributed by atoms with van der Waals surface area (Å²) >= 11 is 0. The molecule has 1 N–H and O–H groups in total. The second kappa shape index (κ2) is 7.84. The molecule has 3 aromatic rings. The van der Waals surface area contributed by atoms with Crippen molar-refractivity contribution in [1.29, 1.82) is 0 Å². The van der Waals surface area contributed by atoms with Crippen molar-refractivity contribution in [3.05, 3.63) is 54.1 Å². The van der Waals surface area contributed by atoms with Crippen molar-refractivity contribution < 1.29 is 13.9 Å². The van der Waals surface area contributed by atoms with Crippen LogP contribution in [-0.4, -0.2) is 51.6 Å². The zero-order valence-electron chi connectivity index (χ0n) is 15.6. The number of ether oxygens (including phenoxy) is 1. The lowest BCUT2D eigenvalue weighted by atomic mass is 10.1. The topological polar surface area (TPSA) is 71.8 Å². The van der Waals surface area contributed by atoms with Gasteiger partial charge in [-0.15, -0.1) is 5.10 Å². The molecular weight excluding hydrogens is 361 g/mol. The second-order valence-electron chi connectivity index (χ2n) is 6.85. The summed E-state index contributed by atoms with van der Waals surface area (Å²) in [5, 5.41) is 7.83. The van der Waals surface area contributed by atoms with Gasteiger partial charge in [-0.05, 0) is 36.6 Å². The molecule has 1 saturated heterocycles. The van der Waals surface area contributed by atoms with Gasteiger partial charge in [-0.3, -0.25) is 4.79 Å². The molecule has 1 aliphatic heterocycles. The SMILES string of the molecule is COc1cccc(CCC(=O)N2CCC(Nc3ccc4nccn4n3)C2)c1F. The van der Waals surface area contributed by atoms with Gasteiger partial charge < -0.3 is 15.0 Å². The molecule has 0 aliphatic carbocycles. The van der Waals surface area contributed by atoms with Crippen molar-refractivity contribution in [3.8, 4) is 5.75 Å². The number of benzene rings is 1. The summed E-state index contributed by atoms with van der Waals surface area (Å²) in [6.07, 6.45) is 4.98. The fourth-order valence-corrected chi connectivity index (χ4v) is 3.51. The summed E-state index contributed by atoms with van der Waals surface area (Å²) in [6.45, 7) is 1.30. The number of aryl methyl sites for hydroxylation is 1. The van der Waals surface area contributed by atoms with Gasteiger partial charge in [0.1, 0.15) is 5.82 Å². The van der Waals surface area contributed by atoms with Crippen LogP contribution >= 0.6 is 0 Å². The van der Waals surface area contributed by atoms with E-state index in [2.05, 4.69) is 15.4 Å². The van der Waals surface area contributed by atoms with Crippen LogP contribution in [0.2, 0.25) is 0 Å². The molecule has 0 saturated carbocycles. The lowest BCUT2D eigenvalue weighted by Gasteiger charge is -2.17. The quantitative estimate of drug-likeness (QED) is 0.708. The first-order valence-electron chi connectivity index (χ1n) is 9.30. The van der Waals surface area contributed by atoms with E-state index in [1.54, 1.807) is 35.1 Å². The van der Waals surface area contributed by atoms with Crippen LogP contribution in [0.25, 0.3) is 5.65 Å². The third kappa shape index (κ3) is 3.76. The molecule has 1 unspecified atom stereocenters. The molecule has 4 rings (SSSR count). The van der Waals surface area contributed by atoms with Gasteiger partial charge >= 0.3 is 0 Å². The molecule has 1 amide bonds. The van der Waals surface area contributed by atoms with Crippen LogP contribution < -0.4 is 10.1 Å². The minimum absolute atomic E-state index is 0.0320. The number of nitrogens with zero attached hydrogens (tertiary/aromatic N) is 4. The number of hydrogen-bond donors (Lipinski definition) is 1. The van der Waals surface area contributed by atoms with Gasteiger partial charge in [0.15, 0.2) is 17.2 Å². The summed E-state index contributed by atoms with van der Waals surface area (Å²) in [5.74, 6) is 0.602. The number of imidazole rings is 1. The lowest BCUT2D eigenvalue weighted by Crippen LogP contribution is -2.32. The number of carbonyl (C=O) groups excluding carboxylic acids is 1. The van der Waals surface area contributed by atoms with E-state index in [9.17, 15) is 9.18 Å². The van der Waals surface area contributed by atoms with Crippen LogP contribution in [0.4, 0.5) is 10.2 Å². The number of anilines is 1. The van der Waals surface area contributed by atoms with Gasteiger partial charge in [-0.25, -0.2) is 13.9 Å². The maximum absolute atomic E-state index is 14.2. The highest BCUT2D eigenvalue weighted by Gasteiger charge is 2.26. The van der Waals surface area contributed by atoms with Gasteiger partial charge in [-0.1, -0.05) is 12.1 Å². The number of nitrogens with one attached hydrogen (secondary N) is 1. The maximum Gasteiger partial charge on any atom is 0.222 e. The second-order valence-corrected chi connectivity index (χ2v) is 6.85. The highest BCUT2D eigenvalue weighted by atomic mass is 19.1. The van der Waals surface area contributed by atoms with Crippen molar-refractivity contribution in [2.24, 2.45) is 0 Å². The first-order valence-corrected chi connectivity index (χ1v) is 9.30. The van der Waals surface area contributed by atoms with Crippen LogP contribution in [-0.2, 0) is 11.2 Å². The molecule has 0 spiro atoms. The summed E-state index contributed by atoms with van der Waals surface area (Å²) < 4.78 is 20.9. The Bertz CT molecular complexity index is 990. The van der Waals surface area contributed by atoms with Gasteiger partial charge in [-0.2, -0.15) is 0 Å². The Morgan fingerprint density at radius 1 is 1.36 bits per heavy atom. The molecule has 2 aromatic heterocycles. The van der Waals surface area contributed by atoms with Crippen LogP contribution in [0.15, 0.2) is 42.7 Å². The van der Waals surface area contributed by atoms with E-state index in [0.29, 0.717) is 25.1 Å². The molecule has 28 heavy (non-hydrogen) atoms. The van der Waals surface area contributed by atoms with Crippen LogP contribution in [0.5, 0.6) is 5.75 Å². The number of aromatic nitrogens is 3. The smallest absolute Gasteiger partial charge is 0.222 e. The fourth-order valence-electron chi connectivity index (χ4n) is 3.51. The van der Waals surface area contributed by atoms with E-state index in [0.717, 1.165) is 17.9 Å². The van der Waals surface area contributed by atoms with Gasteiger partial charge in [0.2, 0.25) is 5.91 Å². The minimum Gasteiger partial charge on any atom is -0.494 e. The van der Waals surface area contributed by atoms with E-state index < -0.39 is 0 Å². The molecule has 3 heterocycles. The standard InChI is InChI=1S/C20H22FN5O2/c1-28-16-4-2-3-14(20(16)21)5-8-19(27)25-11-9-15(13-25)23-17-6-7-18-22-10-12-26(18)24-17/h2-4,6-7,10,12,15H,5,8-9,11,13H2,1H3,(H,23,24). The molecule has 0 radical (unpaired) electrons. The van der Waals surface area contributed by atoms with Gasteiger partial charge in [0.25, 0.3) is 0 Å². The molecule has 0 bridgehead atoms. The Labute approximate surface area is 162 Å². The summed E-state index contributed by atoms with van der Waals surface area (Å²) in [7, 11) is 1.43. The van der Waals surface area contributed by atoms with Crippen LogP contribution in [0.3, 0.4) is 0 Å². The number of methoxy groups -OCH3 is 1. The molecule has 1 aromatic carbocycles. The highest BCUT2D eigenvalue weighted by Crippen LogP contribution is 2.22. The van der Waals surface area contributed by atoms with Gasteiger partial charge in [0.05, 0.1) is 7.11 Å². The zero-order chi connectivity index (χ0) is 19.5. The molecule has 7 nitrogen and oxygen atoms in total. The molecule has 1 fully saturated rings. The van der Waals surface area contributed by atoms with Crippen molar-refractivity contribution in [1.82, 2.24) is 19.5 Å². The third-order valence-corrected chi connectivity index (χ3v) is 5.02. The van der Waals surface area contributed by atoms with Crippen molar-refractivity contribution in [3.63, 3.8) is 0 Å². The van der Waals surface area contributed by atoms with E-state index in [1.807, 2.05) is 17.0 Å². The summed E-state index contributed by atoms with van der Waals surface area (Å²) in [4.78, 5) is 18.5. The van der Waals surface area contributed by atoms with E-state index >= 15 is 0 Å². The molecule has 8 heteroatoms. The monoisotopic (exact) mass is 383 g/mol. The van der Waals surface area contributed by atoms with Crippen LogP contribution in [0, 0.1) is 5.82 Å². The van der Waals surface area contributed by atoms with Crippen molar-refractivity contribution in [2.45, 2.75) is 25.3 Å². The number of halogens is 1. The third-order valence-electron chi connectivity index (χ3n) is 5.02. The van der Waals surface area contributed by atoms with Crippen molar-refractivity contribution >= 4 is 17.4 Å². The Hall–Kier alpha value is -3.16. The van der Waals surface area contributed by atoms with Gasteiger partial charge in [0, 0.05) is 37.9 Å². The summed E-state index contributed by atoms with van der Waals surface area (Å²) in [6, 6.07) is 8.94. The Kier molecular flexibility index (Phi) is 5.10. The number of amides is 1. The minimum atomic E-state index is -0.389. The maximum atomic E-state index is 14.2. The number of rotatable bonds is 6. The predicted octanol–water partition coefficient (Wildman–Crippen LogP) is 2.52. The fraction of sp³-hybridized carbons (Fsp3) is 0.350. The Morgan fingerprint density at radius 3 is 3.11 bits per heavy atom. The number of fused-ring (bicyclic) bond motifs is 1. The zero-order valence-corrected chi connectivity index (χ0v) is 15.6. The number of hydrogen-bond acceptors (Lipinski definition) is 5. The Morgan fingerprint density at radius 2 is 2.25 bits per heavy atom. The predicted molar refractivity (Wildman–Crippen MR) is 103 cm³/mol. The average molecular weight is 383 g/mol. The molecule has 1 atom stereocenters. The first kappa shape index (κ1) is 18.2. The van der Waals surface area contributed by atoms with E-state index in [4.69, 9.17) is 4.74 Å². The summed E-state index contributed by atoms with van der Waals surface area (Å²) in [5.41, 5.74) is 1.29. The number of carbonyl (C=O) groups is 1. The van der Waals surface area contributed by atoms with Crippen LogP contribution in [0.1, 0.15) is 18.4 Å². The normalized spacial score (nSPS) is 16.5. The van der Waals surface area contributed by atoms with E-state index in [-0.39, 0.29) is 29.9 Å². The molecule has 1 aliphatic rings. The lowest BCUT2D eigenvalue weighted by molar-refractivity contribution is -0.130. The highest BCUT2D eigenvalue weighted by molar-refractivity contribution is 5.77. The average Bonchev–Trinajstić information content (AvgIpc) is 3.36. The first-order chi connectivity index (χ1) is 13.6. The largest absolute Gasteiger partial charge is 0.494 e. The van der Waals surface area contributed by atoms with Crippen molar-refractivity contribution in [2.75, 3.05) is 25.5 Å². The van der Waals surface area contributed by atoms with E-state index in [1.165, 1.54) is 7.11 Å². The molecular formula is C20H22FN5O2. The molecule has 146 valence electrons. The Balaban J connectivity index is 1.31.